The summed E-state index contributed by atoms with van der Waals surface area (Å²) in [7, 11) is 2.16. The second-order valence-corrected chi connectivity index (χ2v) is 5.43. The second-order valence-electron chi connectivity index (χ2n) is 5.43. The highest BCUT2D eigenvalue weighted by atomic mass is 15.1. The Morgan fingerprint density at radius 3 is 2.72 bits per heavy atom. The van der Waals surface area contributed by atoms with Gasteiger partial charge in [0.1, 0.15) is 0 Å². The predicted octanol–water partition coefficient (Wildman–Crippen LogP) is 3.51. The molecule has 1 fully saturated rings. The van der Waals surface area contributed by atoms with Crippen molar-refractivity contribution in [3.8, 4) is 6.07 Å². The first-order valence-electron chi connectivity index (χ1n) is 6.86. The molecular formula is C16H22N2. The number of rotatable bonds is 3. The minimum Gasteiger partial charge on any atom is -0.298 e. The van der Waals surface area contributed by atoms with E-state index in [1.54, 1.807) is 0 Å². The van der Waals surface area contributed by atoms with Crippen molar-refractivity contribution < 1.29 is 0 Å². The molecular weight excluding hydrogens is 220 g/mol. The maximum atomic E-state index is 9.25. The SMILES string of the molecule is Cc1ccccc1CN(C)C1CCCCC1C#N. The van der Waals surface area contributed by atoms with Crippen molar-refractivity contribution in [2.75, 3.05) is 7.05 Å². The fourth-order valence-corrected chi connectivity index (χ4v) is 2.96. The highest BCUT2D eigenvalue weighted by molar-refractivity contribution is 5.25. The van der Waals surface area contributed by atoms with E-state index in [1.165, 1.54) is 30.4 Å². The Hall–Kier alpha value is -1.33. The number of hydrogen-bond acceptors (Lipinski definition) is 2. The third kappa shape index (κ3) is 2.91. The first-order valence-corrected chi connectivity index (χ1v) is 6.86. The zero-order chi connectivity index (χ0) is 13.0. The summed E-state index contributed by atoms with van der Waals surface area (Å²) in [5, 5.41) is 9.25. The molecule has 0 aliphatic heterocycles. The molecule has 0 bridgehead atoms. The van der Waals surface area contributed by atoms with Gasteiger partial charge in [-0.15, -0.1) is 0 Å². The van der Waals surface area contributed by atoms with Crippen molar-refractivity contribution in [1.29, 1.82) is 5.26 Å². The topological polar surface area (TPSA) is 27.0 Å². The Balaban J connectivity index is 2.05. The van der Waals surface area contributed by atoms with Crippen molar-refractivity contribution in [3.05, 3.63) is 35.4 Å². The van der Waals surface area contributed by atoms with Crippen LogP contribution in [0, 0.1) is 24.2 Å². The second kappa shape index (κ2) is 6.02. The predicted molar refractivity (Wildman–Crippen MR) is 74.0 cm³/mol. The van der Waals surface area contributed by atoms with Crippen molar-refractivity contribution in [2.24, 2.45) is 5.92 Å². The first-order chi connectivity index (χ1) is 8.72. The van der Waals surface area contributed by atoms with Crippen molar-refractivity contribution >= 4 is 0 Å². The van der Waals surface area contributed by atoms with Crippen LogP contribution < -0.4 is 0 Å². The van der Waals surface area contributed by atoms with E-state index in [0.717, 1.165) is 13.0 Å². The summed E-state index contributed by atoms with van der Waals surface area (Å²) in [6, 6.07) is 11.5. The summed E-state index contributed by atoms with van der Waals surface area (Å²) in [5.41, 5.74) is 2.72. The van der Waals surface area contributed by atoms with Crippen molar-refractivity contribution in [3.63, 3.8) is 0 Å². The molecule has 1 saturated carbocycles. The smallest absolute Gasteiger partial charge is 0.0672 e. The molecule has 18 heavy (non-hydrogen) atoms. The Morgan fingerprint density at radius 2 is 2.00 bits per heavy atom. The van der Waals surface area contributed by atoms with Gasteiger partial charge < -0.3 is 0 Å². The molecule has 2 atom stereocenters. The molecule has 1 aromatic rings. The van der Waals surface area contributed by atoms with Gasteiger partial charge >= 0.3 is 0 Å². The van der Waals surface area contributed by atoms with E-state index in [9.17, 15) is 5.26 Å². The molecule has 2 nitrogen and oxygen atoms in total. The fraction of sp³-hybridized carbons (Fsp3) is 0.562. The van der Waals surface area contributed by atoms with Crippen LogP contribution in [0.2, 0.25) is 0 Å². The number of nitrogens with zero attached hydrogens (tertiary/aromatic N) is 2. The van der Waals surface area contributed by atoms with Crippen LogP contribution >= 0.6 is 0 Å². The van der Waals surface area contributed by atoms with Gasteiger partial charge in [-0.25, -0.2) is 0 Å². The molecule has 0 N–H and O–H groups in total. The quantitative estimate of drug-likeness (QED) is 0.811. The molecule has 0 radical (unpaired) electrons. The third-order valence-corrected chi connectivity index (χ3v) is 4.14. The number of benzene rings is 1. The van der Waals surface area contributed by atoms with E-state index in [4.69, 9.17) is 0 Å². The van der Waals surface area contributed by atoms with E-state index in [1.807, 2.05) is 0 Å². The lowest BCUT2D eigenvalue weighted by Gasteiger charge is -2.35. The summed E-state index contributed by atoms with van der Waals surface area (Å²) >= 11 is 0. The molecule has 0 spiro atoms. The standard InChI is InChI=1S/C16H22N2/c1-13-7-3-4-9-15(13)12-18(2)16-10-6-5-8-14(16)11-17/h3-4,7,9,14,16H,5-6,8,10,12H2,1-2H3. The van der Waals surface area contributed by atoms with Gasteiger partial charge in [-0.1, -0.05) is 37.1 Å². The molecule has 2 heteroatoms. The van der Waals surface area contributed by atoms with Crippen LogP contribution in [0.5, 0.6) is 0 Å². The van der Waals surface area contributed by atoms with E-state index < -0.39 is 0 Å². The van der Waals surface area contributed by atoms with Crippen LogP contribution in [0.4, 0.5) is 0 Å². The number of aryl methyl sites for hydroxylation is 1. The van der Waals surface area contributed by atoms with Crippen LogP contribution in [0.1, 0.15) is 36.8 Å². The van der Waals surface area contributed by atoms with Crippen LogP contribution in [-0.4, -0.2) is 18.0 Å². The minimum absolute atomic E-state index is 0.216. The molecule has 0 saturated heterocycles. The molecule has 0 aromatic heterocycles. The van der Waals surface area contributed by atoms with E-state index in [0.29, 0.717) is 6.04 Å². The summed E-state index contributed by atoms with van der Waals surface area (Å²) in [6.07, 6.45) is 4.72. The van der Waals surface area contributed by atoms with Gasteiger partial charge in [0.25, 0.3) is 0 Å². The third-order valence-electron chi connectivity index (χ3n) is 4.14. The normalized spacial score (nSPS) is 23.9. The highest BCUT2D eigenvalue weighted by Gasteiger charge is 2.28. The lowest BCUT2D eigenvalue weighted by molar-refractivity contribution is 0.150. The minimum atomic E-state index is 0.216. The molecule has 0 heterocycles. The van der Waals surface area contributed by atoms with Gasteiger partial charge in [0.15, 0.2) is 0 Å². The molecule has 2 unspecified atom stereocenters. The summed E-state index contributed by atoms with van der Waals surface area (Å²) < 4.78 is 0. The van der Waals surface area contributed by atoms with Gasteiger partial charge in [-0.05, 0) is 37.9 Å². The summed E-state index contributed by atoms with van der Waals surface area (Å²) in [4.78, 5) is 2.37. The highest BCUT2D eigenvalue weighted by Crippen LogP contribution is 2.28. The fourth-order valence-electron chi connectivity index (χ4n) is 2.96. The largest absolute Gasteiger partial charge is 0.298 e. The number of hydrogen-bond donors (Lipinski definition) is 0. The van der Waals surface area contributed by atoms with E-state index >= 15 is 0 Å². The lowest BCUT2D eigenvalue weighted by atomic mass is 9.84. The molecule has 0 amide bonds. The maximum absolute atomic E-state index is 9.25. The van der Waals surface area contributed by atoms with Crippen LogP contribution in [0.3, 0.4) is 0 Å². The molecule has 2 rings (SSSR count). The van der Waals surface area contributed by atoms with E-state index in [2.05, 4.69) is 49.2 Å². The molecule has 1 aliphatic rings. The van der Waals surface area contributed by atoms with Gasteiger partial charge in [-0.2, -0.15) is 5.26 Å². The van der Waals surface area contributed by atoms with Crippen molar-refractivity contribution in [2.45, 2.75) is 45.2 Å². The molecule has 96 valence electrons. The summed E-state index contributed by atoms with van der Waals surface area (Å²) in [6.45, 7) is 3.11. The Morgan fingerprint density at radius 1 is 1.28 bits per heavy atom. The lowest BCUT2D eigenvalue weighted by Crippen LogP contribution is -2.39. The van der Waals surface area contributed by atoms with Gasteiger partial charge in [0, 0.05) is 12.6 Å². The van der Waals surface area contributed by atoms with Gasteiger partial charge in [0.2, 0.25) is 0 Å². The van der Waals surface area contributed by atoms with Crippen molar-refractivity contribution in [1.82, 2.24) is 4.90 Å². The average Bonchev–Trinajstić information content (AvgIpc) is 2.41. The Labute approximate surface area is 110 Å². The van der Waals surface area contributed by atoms with E-state index in [-0.39, 0.29) is 5.92 Å². The Kier molecular flexibility index (Phi) is 4.38. The van der Waals surface area contributed by atoms with Gasteiger partial charge in [0.05, 0.1) is 12.0 Å². The van der Waals surface area contributed by atoms with Gasteiger partial charge in [-0.3, -0.25) is 4.90 Å². The average molecular weight is 242 g/mol. The molecule has 1 aliphatic carbocycles. The summed E-state index contributed by atoms with van der Waals surface area (Å²) in [5.74, 6) is 0.216. The van der Waals surface area contributed by atoms with Crippen LogP contribution in [-0.2, 0) is 6.54 Å². The van der Waals surface area contributed by atoms with Crippen LogP contribution in [0.25, 0.3) is 0 Å². The molecule has 1 aromatic carbocycles. The van der Waals surface area contributed by atoms with Crippen LogP contribution in [0.15, 0.2) is 24.3 Å². The zero-order valence-corrected chi connectivity index (χ0v) is 11.4. The zero-order valence-electron chi connectivity index (χ0n) is 11.4. The first kappa shape index (κ1) is 13.1. The monoisotopic (exact) mass is 242 g/mol. The number of nitriles is 1. The Bertz CT molecular complexity index is 433. The maximum Gasteiger partial charge on any atom is 0.0672 e.